The number of rotatable bonds is 5. The van der Waals surface area contributed by atoms with Crippen molar-refractivity contribution in [3.63, 3.8) is 0 Å². The molecule has 0 bridgehead atoms. The normalized spacial score (nSPS) is 26.2. The van der Waals surface area contributed by atoms with Crippen LogP contribution in [-0.4, -0.2) is 36.3 Å². The number of piperidine rings is 1. The molecule has 0 unspecified atom stereocenters. The highest BCUT2D eigenvalue weighted by Crippen LogP contribution is 2.75. The first-order chi connectivity index (χ1) is 13.5. The number of benzene rings is 1. The summed E-state index contributed by atoms with van der Waals surface area (Å²) in [7, 11) is 0. The highest BCUT2D eigenvalue weighted by Gasteiger charge is 2.74. The number of likely N-dealkylation sites (tertiary alicyclic amines) is 1. The number of hydrogen-bond acceptors (Lipinski definition) is 3. The number of hydrogen-bond donors (Lipinski definition) is 1. The highest BCUT2D eigenvalue weighted by atomic mass is 16.3. The zero-order valence-corrected chi connectivity index (χ0v) is 16.7. The first-order valence-electron chi connectivity index (χ1n) is 10.5. The standard InChI is InChI=1S/C23H28N2O3/c1-14-9-18-19(13-28-20(18)10-15(14)2)21(26)25-7-4-16(5-8-25)3-6-24-22(27)23-11-17(23)12-23/h9-10,13,16-17H,3-8,11-12H2,1-2H3,(H,24,27). The molecule has 3 fully saturated rings. The Morgan fingerprint density at radius 2 is 1.86 bits per heavy atom. The number of fused-ring (bicyclic) bond motifs is 2. The van der Waals surface area contributed by atoms with Gasteiger partial charge in [-0.2, -0.15) is 0 Å². The van der Waals surface area contributed by atoms with E-state index in [1.54, 1.807) is 6.26 Å². The van der Waals surface area contributed by atoms with Gasteiger partial charge in [0, 0.05) is 25.0 Å². The molecule has 5 nitrogen and oxygen atoms in total. The smallest absolute Gasteiger partial charge is 0.257 e. The van der Waals surface area contributed by atoms with Crippen molar-refractivity contribution in [1.82, 2.24) is 10.2 Å². The summed E-state index contributed by atoms with van der Waals surface area (Å²) in [5.74, 6) is 1.64. The van der Waals surface area contributed by atoms with Crippen molar-refractivity contribution in [2.24, 2.45) is 17.3 Å². The van der Waals surface area contributed by atoms with Crippen LogP contribution in [0.2, 0.25) is 0 Å². The summed E-state index contributed by atoms with van der Waals surface area (Å²) in [6.45, 7) is 6.45. The van der Waals surface area contributed by atoms with E-state index in [0.717, 1.165) is 62.7 Å². The van der Waals surface area contributed by atoms with E-state index < -0.39 is 0 Å². The first-order valence-corrected chi connectivity index (χ1v) is 10.5. The molecular weight excluding hydrogens is 352 g/mol. The molecule has 2 aromatic rings. The van der Waals surface area contributed by atoms with Crippen LogP contribution in [0.4, 0.5) is 0 Å². The monoisotopic (exact) mass is 380 g/mol. The van der Waals surface area contributed by atoms with Gasteiger partial charge in [0.15, 0.2) is 0 Å². The van der Waals surface area contributed by atoms with Gasteiger partial charge in [-0.05, 0) is 81.0 Å². The van der Waals surface area contributed by atoms with Gasteiger partial charge >= 0.3 is 0 Å². The highest BCUT2D eigenvalue weighted by molar-refractivity contribution is 6.06. The largest absolute Gasteiger partial charge is 0.463 e. The molecule has 5 rings (SSSR count). The zero-order valence-electron chi connectivity index (χ0n) is 16.7. The lowest BCUT2D eigenvalue weighted by Crippen LogP contribution is -2.39. The van der Waals surface area contributed by atoms with Gasteiger partial charge in [0.05, 0.1) is 11.0 Å². The van der Waals surface area contributed by atoms with E-state index in [4.69, 9.17) is 4.42 Å². The number of nitrogens with zero attached hydrogens (tertiary/aromatic N) is 1. The molecule has 28 heavy (non-hydrogen) atoms. The first kappa shape index (κ1) is 17.8. The maximum absolute atomic E-state index is 13.0. The van der Waals surface area contributed by atoms with Crippen molar-refractivity contribution < 1.29 is 14.0 Å². The lowest BCUT2D eigenvalue weighted by Gasteiger charge is -2.32. The minimum Gasteiger partial charge on any atom is -0.463 e. The number of amides is 2. The van der Waals surface area contributed by atoms with Crippen molar-refractivity contribution in [3.8, 4) is 0 Å². The average Bonchev–Trinajstić information content (AvgIpc) is 3.52. The summed E-state index contributed by atoms with van der Waals surface area (Å²) < 4.78 is 5.64. The van der Waals surface area contributed by atoms with E-state index in [1.165, 1.54) is 11.1 Å². The number of furan rings is 1. The van der Waals surface area contributed by atoms with Gasteiger partial charge in [-0.1, -0.05) is 0 Å². The van der Waals surface area contributed by atoms with Crippen LogP contribution in [0.25, 0.3) is 11.0 Å². The second-order valence-electron chi connectivity index (χ2n) is 9.12. The summed E-state index contributed by atoms with van der Waals surface area (Å²) >= 11 is 0. The van der Waals surface area contributed by atoms with Gasteiger partial charge in [0.2, 0.25) is 5.91 Å². The molecule has 0 spiro atoms. The van der Waals surface area contributed by atoms with Crippen LogP contribution in [0.3, 0.4) is 0 Å². The molecule has 148 valence electrons. The van der Waals surface area contributed by atoms with E-state index in [1.807, 2.05) is 11.0 Å². The lowest BCUT2D eigenvalue weighted by atomic mass is 9.93. The number of carbonyl (C=O) groups is 2. The van der Waals surface area contributed by atoms with Gasteiger partial charge in [0.1, 0.15) is 11.8 Å². The Balaban J connectivity index is 1.15. The minimum absolute atomic E-state index is 0.0695. The molecule has 1 aromatic carbocycles. The van der Waals surface area contributed by atoms with Gasteiger partial charge in [0.25, 0.3) is 5.91 Å². The Morgan fingerprint density at radius 3 is 2.54 bits per heavy atom. The third-order valence-corrected chi connectivity index (χ3v) is 7.29. The van der Waals surface area contributed by atoms with Crippen LogP contribution >= 0.6 is 0 Å². The van der Waals surface area contributed by atoms with E-state index in [0.29, 0.717) is 17.4 Å². The van der Waals surface area contributed by atoms with E-state index in [9.17, 15) is 9.59 Å². The Morgan fingerprint density at radius 1 is 1.18 bits per heavy atom. The van der Waals surface area contributed by atoms with Crippen LogP contribution in [-0.2, 0) is 4.79 Å². The third kappa shape index (κ3) is 2.92. The summed E-state index contributed by atoms with van der Waals surface area (Å²) in [5.41, 5.74) is 3.87. The molecule has 0 radical (unpaired) electrons. The predicted molar refractivity (Wildman–Crippen MR) is 107 cm³/mol. The fraction of sp³-hybridized carbons (Fsp3) is 0.565. The van der Waals surface area contributed by atoms with Crippen LogP contribution in [0, 0.1) is 31.1 Å². The molecule has 1 saturated heterocycles. The van der Waals surface area contributed by atoms with Crippen molar-refractivity contribution in [2.75, 3.05) is 19.6 Å². The van der Waals surface area contributed by atoms with Crippen LogP contribution < -0.4 is 5.32 Å². The van der Waals surface area contributed by atoms with Crippen molar-refractivity contribution >= 4 is 22.8 Å². The van der Waals surface area contributed by atoms with E-state index in [2.05, 4.69) is 25.2 Å². The Bertz CT molecular complexity index is 946. The van der Waals surface area contributed by atoms with E-state index in [-0.39, 0.29) is 17.2 Å². The van der Waals surface area contributed by atoms with Gasteiger partial charge in [-0.15, -0.1) is 0 Å². The van der Waals surface area contributed by atoms with Gasteiger partial charge in [-0.3, -0.25) is 9.59 Å². The van der Waals surface area contributed by atoms with E-state index >= 15 is 0 Å². The molecular formula is C23H28N2O3. The number of nitrogens with one attached hydrogen (secondary N) is 1. The van der Waals surface area contributed by atoms with Crippen LogP contribution in [0.1, 0.15) is 53.6 Å². The average molecular weight is 380 g/mol. The Labute approximate surface area is 165 Å². The van der Waals surface area contributed by atoms with Crippen molar-refractivity contribution in [3.05, 3.63) is 35.1 Å². The number of aryl methyl sites for hydroxylation is 2. The summed E-state index contributed by atoms with van der Waals surface area (Å²) in [6.07, 6.45) is 6.85. The van der Waals surface area contributed by atoms with Gasteiger partial charge in [-0.25, -0.2) is 0 Å². The van der Waals surface area contributed by atoms with Crippen LogP contribution in [0.5, 0.6) is 0 Å². The lowest BCUT2D eigenvalue weighted by molar-refractivity contribution is -0.124. The van der Waals surface area contributed by atoms with Crippen molar-refractivity contribution in [2.45, 2.75) is 46.0 Å². The number of carbonyl (C=O) groups excluding carboxylic acids is 2. The maximum Gasteiger partial charge on any atom is 0.257 e. The second kappa shape index (κ2) is 6.36. The van der Waals surface area contributed by atoms with Crippen LogP contribution in [0.15, 0.2) is 22.8 Å². The SMILES string of the molecule is Cc1cc2occ(C(=O)N3CCC(CCNC(=O)C45CC4C5)CC3)c2cc1C. The Kier molecular flexibility index (Phi) is 4.04. The molecule has 2 amide bonds. The fourth-order valence-corrected chi connectivity index (χ4v) is 4.68. The molecule has 1 aliphatic heterocycles. The molecule has 5 heteroatoms. The minimum atomic E-state index is 0.0695. The maximum atomic E-state index is 13.0. The second-order valence-corrected chi connectivity index (χ2v) is 9.12. The van der Waals surface area contributed by atoms with Crippen molar-refractivity contribution in [1.29, 1.82) is 0 Å². The molecule has 2 heterocycles. The van der Waals surface area contributed by atoms with Gasteiger partial charge < -0.3 is 14.6 Å². The third-order valence-electron chi connectivity index (χ3n) is 7.29. The fourth-order valence-electron chi connectivity index (χ4n) is 4.68. The predicted octanol–water partition coefficient (Wildman–Crippen LogP) is 3.82. The molecule has 0 atom stereocenters. The molecule has 3 aliphatic rings. The molecule has 2 saturated carbocycles. The quantitative estimate of drug-likeness (QED) is 0.858. The molecule has 1 N–H and O–H groups in total. The topological polar surface area (TPSA) is 62.6 Å². The summed E-state index contributed by atoms with van der Waals surface area (Å²) in [4.78, 5) is 27.0. The summed E-state index contributed by atoms with van der Waals surface area (Å²) in [6, 6.07) is 4.06. The molecule has 2 aliphatic carbocycles. The Hall–Kier alpha value is -2.30. The zero-order chi connectivity index (χ0) is 19.5. The molecule has 1 aromatic heterocycles. The summed E-state index contributed by atoms with van der Waals surface area (Å²) in [5, 5.41) is 4.04.